The molecule has 2 aliphatic rings. The van der Waals surface area contributed by atoms with Crippen molar-refractivity contribution < 1.29 is 13.2 Å². The lowest BCUT2D eigenvalue weighted by molar-refractivity contribution is -0.139. The molecular weight excluding hydrogens is 340 g/mol. The Morgan fingerprint density at radius 2 is 2.00 bits per heavy atom. The zero-order valence-corrected chi connectivity index (χ0v) is 15.8. The normalized spacial score (nSPS) is 25.5. The monoisotopic (exact) mass is 366 g/mol. The average Bonchev–Trinajstić information content (AvgIpc) is 2.60. The van der Waals surface area contributed by atoms with Gasteiger partial charge in [0.2, 0.25) is 15.9 Å². The highest BCUT2D eigenvalue weighted by molar-refractivity contribution is 7.89. The van der Waals surface area contributed by atoms with Crippen LogP contribution >= 0.6 is 0 Å². The van der Waals surface area contributed by atoms with Gasteiger partial charge in [0, 0.05) is 37.7 Å². The summed E-state index contributed by atoms with van der Waals surface area (Å²) in [5, 5.41) is 0. The SMILES string of the molecule is CCS(=O)(=O)N1CCCC2(CCC(=O)N(Cc3cnc(C)cn3)C2)C1. The second-order valence-corrected chi connectivity index (χ2v) is 9.49. The first-order valence-corrected chi connectivity index (χ1v) is 10.5. The Morgan fingerprint density at radius 1 is 1.20 bits per heavy atom. The number of nitrogens with zero attached hydrogens (tertiary/aromatic N) is 4. The first-order valence-electron chi connectivity index (χ1n) is 8.87. The van der Waals surface area contributed by atoms with Crippen LogP contribution in [0, 0.1) is 12.3 Å². The molecule has 8 heteroatoms. The van der Waals surface area contributed by atoms with E-state index in [1.165, 1.54) is 0 Å². The van der Waals surface area contributed by atoms with Crippen LogP contribution in [0.15, 0.2) is 12.4 Å². The van der Waals surface area contributed by atoms with Gasteiger partial charge in [0.1, 0.15) is 0 Å². The molecule has 2 aliphatic heterocycles. The summed E-state index contributed by atoms with van der Waals surface area (Å²) in [6, 6.07) is 0. The lowest BCUT2D eigenvalue weighted by Crippen LogP contribution is -2.55. The number of piperidine rings is 2. The van der Waals surface area contributed by atoms with E-state index in [0.29, 0.717) is 32.6 Å². The van der Waals surface area contributed by atoms with Crippen molar-refractivity contribution in [2.45, 2.75) is 46.1 Å². The molecule has 0 aliphatic carbocycles. The van der Waals surface area contributed by atoms with Crippen LogP contribution in [-0.2, 0) is 21.4 Å². The fourth-order valence-corrected chi connectivity index (χ4v) is 5.10. The standard InChI is InChI=1S/C17H26N4O3S/c1-3-25(23,24)21-8-4-6-17(13-21)7-5-16(22)20(12-17)11-15-10-18-14(2)9-19-15/h9-10H,3-8,11-13H2,1-2H3. The smallest absolute Gasteiger partial charge is 0.222 e. The Kier molecular flexibility index (Phi) is 5.11. The van der Waals surface area contributed by atoms with Crippen LogP contribution < -0.4 is 0 Å². The molecular formula is C17H26N4O3S. The Labute approximate surface area is 149 Å². The predicted octanol–water partition coefficient (Wildman–Crippen LogP) is 1.34. The van der Waals surface area contributed by atoms with E-state index in [1.807, 2.05) is 11.8 Å². The third kappa shape index (κ3) is 4.00. The Morgan fingerprint density at radius 3 is 2.68 bits per heavy atom. The fourth-order valence-electron chi connectivity index (χ4n) is 3.86. The minimum Gasteiger partial charge on any atom is -0.336 e. The molecule has 1 amide bonds. The molecule has 3 heterocycles. The van der Waals surface area contributed by atoms with Crippen molar-refractivity contribution in [3.05, 3.63) is 23.8 Å². The van der Waals surface area contributed by atoms with E-state index in [9.17, 15) is 13.2 Å². The van der Waals surface area contributed by atoms with Crippen molar-refractivity contribution in [1.29, 1.82) is 0 Å². The van der Waals surface area contributed by atoms with E-state index >= 15 is 0 Å². The van der Waals surface area contributed by atoms with Crippen LogP contribution in [0.5, 0.6) is 0 Å². The van der Waals surface area contributed by atoms with Crippen LogP contribution in [0.3, 0.4) is 0 Å². The maximum Gasteiger partial charge on any atom is 0.222 e. The summed E-state index contributed by atoms with van der Waals surface area (Å²) in [6.45, 7) is 5.71. The van der Waals surface area contributed by atoms with Crippen molar-refractivity contribution in [3.63, 3.8) is 0 Å². The van der Waals surface area contributed by atoms with Crippen LogP contribution in [0.4, 0.5) is 0 Å². The topological polar surface area (TPSA) is 83.5 Å². The largest absolute Gasteiger partial charge is 0.336 e. The van der Waals surface area contributed by atoms with E-state index in [2.05, 4.69) is 9.97 Å². The maximum atomic E-state index is 12.4. The van der Waals surface area contributed by atoms with E-state index in [4.69, 9.17) is 0 Å². The van der Waals surface area contributed by atoms with Crippen LogP contribution in [-0.4, -0.2) is 58.9 Å². The molecule has 1 aromatic heterocycles. The molecule has 1 atom stereocenters. The molecule has 1 spiro atoms. The number of carbonyl (C=O) groups excluding carboxylic acids is 1. The van der Waals surface area contributed by atoms with Gasteiger partial charge in [-0.1, -0.05) is 0 Å². The second kappa shape index (κ2) is 6.99. The summed E-state index contributed by atoms with van der Waals surface area (Å²) in [4.78, 5) is 22.8. The zero-order valence-electron chi connectivity index (χ0n) is 14.9. The van der Waals surface area contributed by atoms with Crippen molar-refractivity contribution in [3.8, 4) is 0 Å². The summed E-state index contributed by atoms with van der Waals surface area (Å²) in [5.74, 6) is 0.244. The quantitative estimate of drug-likeness (QED) is 0.803. The molecule has 2 saturated heterocycles. The number of aromatic nitrogens is 2. The molecule has 138 valence electrons. The zero-order chi connectivity index (χ0) is 18.1. The molecule has 1 unspecified atom stereocenters. The number of rotatable bonds is 4. The van der Waals surface area contributed by atoms with Crippen LogP contribution in [0.2, 0.25) is 0 Å². The highest BCUT2D eigenvalue weighted by atomic mass is 32.2. The summed E-state index contributed by atoms with van der Waals surface area (Å²) < 4.78 is 26.2. The van der Waals surface area contributed by atoms with E-state index < -0.39 is 10.0 Å². The first kappa shape index (κ1) is 18.3. The van der Waals surface area contributed by atoms with Crippen molar-refractivity contribution >= 4 is 15.9 Å². The number of carbonyl (C=O) groups is 1. The number of hydrogen-bond donors (Lipinski definition) is 0. The maximum absolute atomic E-state index is 12.4. The second-order valence-electron chi connectivity index (χ2n) is 7.24. The lowest BCUT2D eigenvalue weighted by atomic mass is 9.74. The number of likely N-dealkylation sites (tertiary alicyclic amines) is 1. The van der Waals surface area contributed by atoms with Gasteiger partial charge < -0.3 is 4.90 Å². The van der Waals surface area contributed by atoms with Crippen molar-refractivity contribution in [1.82, 2.24) is 19.2 Å². The van der Waals surface area contributed by atoms with E-state index in [1.54, 1.807) is 23.6 Å². The first-order chi connectivity index (χ1) is 11.8. The van der Waals surface area contributed by atoms with Gasteiger partial charge in [-0.3, -0.25) is 14.8 Å². The lowest BCUT2D eigenvalue weighted by Gasteiger charge is -2.47. The number of sulfonamides is 1. The molecule has 0 aromatic carbocycles. The summed E-state index contributed by atoms with van der Waals surface area (Å²) in [6.07, 6.45) is 6.46. The summed E-state index contributed by atoms with van der Waals surface area (Å²) in [7, 11) is -3.18. The molecule has 2 fully saturated rings. The minimum atomic E-state index is -3.18. The molecule has 25 heavy (non-hydrogen) atoms. The van der Waals surface area contributed by atoms with Gasteiger partial charge in [-0.15, -0.1) is 0 Å². The van der Waals surface area contributed by atoms with Gasteiger partial charge in [0.05, 0.1) is 29.9 Å². The average molecular weight is 366 g/mol. The number of aryl methyl sites for hydroxylation is 1. The van der Waals surface area contributed by atoms with E-state index in [0.717, 1.165) is 30.7 Å². The third-order valence-electron chi connectivity index (χ3n) is 5.32. The van der Waals surface area contributed by atoms with E-state index in [-0.39, 0.29) is 17.1 Å². The molecule has 1 aromatic rings. The van der Waals surface area contributed by atoms with Gasteiger partial charge in [0.15, 0.2) is 0 Å². The molecule has 0 radical (unpaired) electrons. The fraction of sp³-hybridized carbons (Fsp3) is 0.706. The van der Waals surface area contributed by atoms with Crippen molar-refractivity contribution in [2.75, 3.05) is 25.4 Å². The Hall–Kier alpha value is -1.54. The highest BCUT2D eigenvalue weighted by Crippen LogP contribution is 2.40. The number of amides is 1. The van der Waals surface area contributed by atoms with Crippen LogP contribution in [0.1, 0.15) is 44.0 Å². The molecule has 0 N–H and O–H groups in total. The van der Waals surface area contributed by atoms with Gasteiger partial charge in [-0.05, 0) is 33.1 Å². The predicted molar refractivity (Wildman–Crippen MR) is 94.1 cm³/mol. The Bertz CT molecular complexity index is 735. The van der Waals surface area contributed by atoms with Gasteiger partial charge in [0.25, 0.3) is 0 Å². The summed E-state index contributed by atoms with van der Waals surface area (Å²) in [5.41, 5.74) is 1.48. The molecule has 3 rings (SSSR count). The highest BCUT2D eigenvalue weighted by Gasteiger charge is 2.43. The number of hydrogen-bond acceptors (Lipinski definition) is 5. The summed E-state index contributed by atoms with van der Waals surface area (Å²) >= 11 is 0. The molecule has 0 saturated carbocycles. The van der Waals surface area contributed by atoms with Gasteiger partial charge >= 0.3 is 0 Å². The Balaban J connectivity index is 1.74. The van der Waals surface area contributed by atoms with Crippen molar-refractivity contribution in [2.24, 2.45) is 5.41 Å². The molecule has 7 nitrogen and oxygen atoms in total. The molecule has 0 bridgehead atoms. The van der Waals surface area contributed by atoms with Crippen LogP contribution in [0.25, 0.3) is 0 Å². The van der Waals surface area contributed by atoms with Gasteiger partial charge in [-0.2, -0.15) is 0 Å². The minimum absolute atomic E-state index is 0.114. The van der Waals surface area contributed by atoms with Gasteiger partial charge in [-0.25, -0.2) is 12.7 Å². The third-order valence-corrected chi connectivity index (χ3v) is 7.15.